The van der Waals surface area contributed by atoms with Crippen LogP contribution in [0.5, 0.6) is 0 Å². The van der Waals surface area contributed by atoms with E-state index >= 15 is 0 Å². The first-order valence-electron chi connectivity index (χ1n) is 7.16. The molecule has 1 aromatic rings. The van der Waals surface area contributed by atoms with Gasteiger partial charge in [-0.15, -0.1) is 11.3 Å². The van der Waals surface area contributed by atoms with Crippen molar-refractivity contribution in [3.63, 3.8) is 0 Å². The van der Waals surface area contributed by atoms with E-state index in [9.17, 15) is 9.59 Å². The molecule has 4 nitrogen and oxygen atoms in total. The first-order valence-corrected chi connectivity index (χ1v) is 7.97. The van der Waals surface area contributed by atoms with Crippen molar-refractivity contribution in [2.24, 2.45) is 11.8 Å². The van der Waals surface area contributed by atoms with Crippen LogP contribution >= 0.6 is 11.3 Å². The molecule has 1 saturated carbocycles. The van der Waals surface area contributed by atoms with Gasteiger partial charge < -0.3 is 10.4 Å². The average Bonchev–Trinajstić information content (AvgIpc) is 3.06. The molecule has 20 heavy (non-hydrogen) atoms. The number of nitrogens with one attached hydrogen (secondary N) is 1. The highest BCUT2D eigenvalue weighted by molar-refractivity contribution is 7.13. The predicted molar refractivity (Wildman–Crippen MR) is 78.9 cm³/mol. The molecule has 0 saturated heterocycles. The van der Waals surface area contributed by atoms with Crippen LogP contribution in [0.25, 0.3) is 0 Å². The zero-order chi connectivity index (χ0) is 14.5. The van der Waals surface area contributed by atoms with Gasteiger partial charge in [-0.05, 0) is 24.5 Å². The van der Waals surface area contributed by atoms with E-state index in [1.807, 2.05) is 6.92 Å². The van der Waals surface area contributed by atoms with Crippen molar-refractivity contribution in [1.29, 1.82) is 0 Å². The minimum Gasteiger partial charge on any atom is -0.477 e. The van der Waals surface area contributed by atoms with Crippen LogP contribution in [0.3, 0.4) is 0 Å². The Kier molecular flexibility index (Phi) is 5.17. The molecule has 1 unspecified atom stereocenters. The summed E-state index contributed by atoms with van der Waals surface area (Å²) in [5.41, 5.74) is 0. The fraction of sp³-hybridized carbons (Fsp3) is 0.600. The van der Waals surface area contributed by atoms with Crippen LogP contribution in [0.2, 0.25) is 0 Å². The SMILES string of the molecule is CC(CC1CCCC1)C(=O)NCc1ccc(C(=O)O)s1. The highest BCUT2D eigenvalue weighted by atomic mass is 32.1. The molecule has 110 valence electrons. The van der Waals surface area contributed by atoms with Crippen LogP contribution in [0, 0.1) is 11.8 Å². The Labute approximate surface area is 123 Å². The van der Waals surface area contributed by atoms with Gasteiger partial charge in [0, 0.05) is 10.8 Å². The molecule has 5 heteroatoms. The van der Waals surface area contributed by atoms with Crippen molar-refractivity contribution in [3.8, 4) is 0 Å². The number of aromatic carboxylic acids is 1. The van der Waals surface area contributed by atoms with Crippen molar-refractivity contribution in [3.05, 3.63) is 21.9 Å². The molecule has 1 aliphatic rings. The van der Waals surface area contributed by atoms with Crippen molar-refractivity contribution < 1.29 is 14.7 Å². The van der Waals surface area contributed by atoms with Gasteiger partial charge >= 0.3 is 5.97 Å². The Morgan fingerprint density at radius 3 is 2.70 bits per heavy atom. The maximum Gasteiger partial charge on any atom is 0.345 e. The summed E-state index contributed by atoms with van der Waals surface area (Å²) < 4.78 is 0. The predicted octanol–water partition coefficient (Wildman–Crippen LogP) is 3.28. The number of carbonyl (C=O) groups excluding carboxylic acids is 1. The van der Waals surface area contributed by atoms with E-state index in [0.29, 0.717) is 17.3 Å². The Hall–Kier alpha value is -1.36. The second kappa shape index (κ2) is 6.88. The van der Waals surface area contributed by atoms with Crippen molar-refractivity contribution in [2.45, 2.75) is 45.6 Å². The van der Waals surface area contributed by atoms with E-state index in [1.165, 1.54) is 37.0 Å². The lowest BCUT2D eigenvalue weighted by Crippen LogP contribution is -2.29. The van der Waals surface area contributed by atoms with E-state index in [4.69, 9.17) is 5.11 Å². The lowest BCUT2D eigenvalue weighted by molar-refractivity contribution is -0.125. The maximum atomic E-state index is 12.0. The maximum absolute atomic E-state index is 12.0. The molecule has 0 bridgehead atoms. The molecular formula is C15H21NO3S. The summed E-state index contributed by atoms with van der Waals surface area (Å²) >= 11 is 1.21. The van der Waals surface area contributed by atoms with Crippen molar-refractivity contribution >= 4 is 23.2 Å². The Bertz CT molecular complexity index is 477. The monoisotopic (exact) mass is 295 g/mol. The first-order chi connectivity index (χ1) is 9.56. The number of carboxylic acids is 1. The van der Waals surface area contributed by atoms with Crippen molar-refractivity contribution in [1.82, 2.24) is 5.32 Å². The summed E-state index contributed by atoms with van der Waals surface area (Å²) in [4.78, 5) is 24.0. The van der Waals surface area contributed by atoms with Gasteiger partial charge in [0.1, 0.15) is 4.88 Å². The van der Waals surface area contributed by atoms with E-state index in [1.54, 1.807) is 12.1 Å². The summed E-state index contributed by atoms with van der Waals surface area (Å²) in [7, 11) is 0. The van der Waals surface area contributed by atoms with E-state index in [2.05, 4.69) is 5.32 Å². The number of rotatable bonds is 6. The Morgan fingerprint density at radius 1 is 1.40 bits per heavy atom. The molecule has 0 spiro atoms. The van der Waals surface area contributed by atoms with Gasteiger partial charge in [-0.2, -0.15) is 0 Å². The minimum absolute atomic E-state index is 0.0389. The first kappa shape index (κ1) is 15.0. The zero-order valence-corrected chi connectivity index (χ0v) is 12.5. The number of carboxylic acid groups (broad SMARTS) is 1. The van der Waals surface area contributed by atoms with Gasteiger partial charge in [-0.25, -0.2) is 4.79 Å². The number of hydrogen-bond donors (Lipinski definition) is 2. The number of amides is 1. The van der Waals surface area contributed by atoms with Crippen LogP contribution in [0.15, 0.2) is 12.1 Å². The van der Waals surface area contributed by atoms with Crippen molar-refractivity contribution in [2.75, 3.05) is 0 Å². The third kappa shape index (κ3) is 4.07. The fourth-order valence-electron chi connectivity index (χ4n) is 2.79. The zero-order valence-electron chi connectivity index (χ0n) is 11.7. The van der Waals surface area contributed by atoms with Gasteiger partial charge in [0.05, 0.1) is 6.54 Å². The Balaban J connectivity index is 1.76. The summed E-state index contributed by atoms with van der Waals surface area (Å²) in [6.45, 7) is 2.40. The second-order valence-corrected chi connectivity index (χ2v) is 6.74. The molecular weight excluding hydrogens is 274 g/mol. The highest BCUT2D eigenvalue weighted by Gasteiger charge is 2.21. The van der Waals surface area contributed by atoms with Crippen LogP contribution in [-0.4, -0.2) is 17.0 Å². The van der Waals surface area contributed by atoms with E-state index in [-0.39, 0.29) is 11.8 Å². The highest BCUT2D eigenvalue weighted by Crippen LogP contribution is 2.30. The normalized spacial score (nSPS) is 17.1. The summed E-state index contributed by atoms with van der Waals surface area (Å²) in [6.07, 6.45) is 6.07. The van der Waals surface area contributed by atoms with Gasteiger partial charge in [0.2, 0.25) is 5.91 Å². The quantitative estimate of drug-likeness (QED) is 0.846. The largest absolute Gasteiger partial charge is 0.477 e. The van der Waals surface area contributed by atoms with E-state index in [0.717, 1.165) is 11.3 Å². The fourth-order valence-corrected chi connectivity index (χ4v) is 3.58. The molecule has 1 amide bonds. The smallest absolute Gasteiger partial charge is 0.345 e. The number of thiophene rings is 1. The third-order valence-corrected chi connectivity index (χ3v) is 4.99. The van der Waals surface area contributed by atoms with E-state index < -0.39 is 5.97 Å². The lowest BCUT2D eigenvalue weighted by Gasteiger charge is -2.15. The van der Waals surface area contributed by atoms with Crippen LogP contribution in [0.1, 0.15) is 53.6 Å². The topological polar surface area (TPSA) is 66.4 Å². The molecule has 1 aliphatic carbocycles. The van der Waals surface area contributed by atoms with Gasteiger partial charge in [-0.1, -0.05) is 32.6 Å². The molecule has 2 rings (SSSR count). The minimum atomic E-state index is -0.915. The third-order valence-electron chi connectivity index (χ3n) is 3.92. The molecule has 2 N–H and O–H groups in total. The molecule has 1 atom stereocenters. The summed E-state index contributed by atoms with van der Waals surface area (Å²) in [5.74, 6) is -0.0996. The molecule has 1 heterocycles. The van der Waals surface area contributed by atoms with Crippen LogP contribution in [-0.2, 0) is 11.3 Å². The van der Waals surface area contributed by atoms with Gasteiger partial charge in [0.15, 0.2) is 0 Å². The number of carbonyl (C=O) groups is 2. The Morgan fingerprint density at radius 2 is 2.10 bits per heavy atom. The molecule has 1 fully saturated rings. The standard InChI is InChI=1S/C15H21NO3S/c1-10(8-11-4-2-3-5-11)14(17)16-9-12-6-7-13(20-12)15(18)19/h6-7,10-11H,2-5,8-9H2,1H3,(H,16,17)(H,18,19). The molecule has 0 aliphatic heterocycles. The average molecular weight is 295 g/mol. The number of hydrogen-bond acceptors (Lipinski definition) is 3. The summed E-state index contributed by atoms with van der Waals surface area (Å²) in [5, 5.41) is 11.7. The lowest BCUT2D eigenvalue weighted by atomic mass is 9.94. The van der Waals surface area contributed by atoms with Gasteiger partial charge in [0.25, 0.3) is 0 Å². The molecule has 0 radical (unpaired) electrons. The van der Waals surface area contributed by atoms with Gasteiger partial charge in [-0.3, -0.25) is 4.79 Å². The molecule has 0 aromatic carbocycles. The van der Waals surface area contributed by atoms with Crippen LogP contribution < -0.4 is 5.32 Å². The molecule has 1 aromatic heterocycles. The second-order valence-electron chi connectivity index (χ2n) is 5.58. The van der Waals surface area contributed by atoms with Crippen LogP contribution in [0.4, 0.5) is 0 Å². The summed E-state index contributed by atoms with van der Waals surface area (Å²) in [6, 6.07) is 3.34.